The van der Waals surface area contributed by atoms with E-state index >= 15 is 0 Å². The first kappa shape index (κ1) is 13.7. The van der Waals surface area contributed by atoms with Crippen LogP contribution in [0.1, 0.15) is 38.2 Å². The lowest BCUT2D eigenvalue weighted by atomic mass is 10.2. The maximum atomic E-state index is 12.0. The molecule has 2 rings (SSSR count). The number of rotatable bonds is 4. The van der Waals surface area contributed by atoms with E-state index in [4.69, 9.17) is 4.74 Å². The van der Waals surface area contributed by atoms with Crippen molar-refractivity contribution in [3.05, 3.63) is 36.4 Å². The molecule has 0 aromatic heterocycles. The molecule has 0 aliphatic carbocycles. The third-order valence-corrected chi connectivity index (χ3v) is 3.47. The molecule has 102 valence electrons. The maximum absolute atomic E-state index is 12.0. The minimum atomic E-state index is -0.208. The molecule has 1 heterocycles. The lowest BCUT2D eigenvalue weighted by Gasteiger charge is -2.28. The Morgan fingerprint density at radius 3 is 2.68 bits per heavy atom. The van der Waals surface area contributed by atoms with E-state index in [1.165, 1.54) is 0 Å². The molecule has 1 saturated heterocycles. The normalized spacial score (nSPS) is 17.7. The Balaban J connectivity index is 2.00. The van der Waals surface area contributed by atoms with Gasteiger partial charge in [0.2, 0.25) is 5.91 Å². The molecule has 19 heavy (non-hydrogen) atoms. The van der Waals surface area contributed by atoms with Crippen LogP contribution in [0.3, 0.4) is 0 Å². The maximum Gasteiger partial charge on any atom is 0.225 e. The summed E-state index contributed by atoms with van der Waals surface area (Å²) in [6.07, 6.45) is 5.42. The van der Waals surface area contributed by atoms with Crippen molar-refractivity contribution in [2.45, 2.75) is 38.8 Å². The van der Waals surface area contributed by atoms with Gasteiger partial charge in [0.25, 0.3) is 0 Å². The van der Waals surface area contributed by atoms with Crippen LogP contribution in [-0.2, 0) is 4.79 Å². The predicted octanol–water partition coefficient (Wildman–Crippen LogP) is 3.46. The molecule has 0 bridgehead atoms. The Bertz CT molecular complexity index is 439. The third-order valence-electron chi connectivity index (χ3n) is 3.47. The fourth-order valence-corrected chi connectivity index (χ4v) is 2.33. The van der Waals surface area contributed by atoms with Gasteiger partial charge < -0.3 is 9.64 Å². The van der Waals surface area contributed by atoms with Crippen molar-refractivity contribution in [1.29, 1.82) is 0 Å². The molecule has 0 N–H and O–H groups in total. The zero-order valence-electron chi connectivity index (χ0n) is 11.5. The number of ether oxygens (including phenoxy) is 1. The average Bonchev–Trinajstić information content (AvgIpc) is 2.64. The van der Waals surface area contributed by atoms with Gasteiger partial charge in [-0.2, -0.15) is 0 Å². The molecule has 1 aliphatic heterocycles. The van der Waals surface area contributed by atoms with E-state index in [0.29, 0.717) is 6.42 Å². The van der Waals surface area contributed by atoms with Crippen molar-refractivity contribution < 1.29 is 9.53 Å². The largest absolute Gasteiger partial charge is 0.471 e. The topological polar surface area (TPSA) is 29.5 Å². The van der Waals surface area contributed by atoms with Crippen LogP contribution in [0.4, 0.5) is 0 Å². The smallest absolute Gasteiger partial charge is 0.225 e. The highest BCUT2D eigenvalue weighted by Gasteiger charge is 2.22. The molecule has 1 aromatic carbocycles. The van der Waals surface area contributed by atoms with Crippen molar-refractivity contribution in [1.82, 2.24) is 4.90 Å². The number of benzene rings is 1. The molecule has 1 amide bonds. The molecule has 0 radical (unpaired) electrons. The van der Waals surface area contributed by atoms with Gasteiger partial charge in [0.15, 0.2) is 6.23 Å². The Kier molecular flexibility index (Phi) is 4.61. The second kappa shape index (κ2) is 6.41. The quantitative estimate of drug-likeness (QED) is 0.828. The van der Waals surface area contributed by atoms with Crippen LogP contribution in [0.5, 0.6) is 5.75 Å². The molecule has 1 aromatic rings. The highest BCUT2D eigenvalue weighted by atomic mass is 16.5. The van der Waals surface area contributed by atoms with Gasteiger partial charge in [-0.25, -0.2) is 0 Å². The van der Waals surface area contributed by atoms with E-state index in [-0.39, 0.29) is 12.1 Å². The molecule has 1 aliphatic rings. The van der Waals surface area contributed by atoms with Gasteiger partial charge in [-0.3, -0.25) is 4.79 Å². The summed E-state index contributed by atoms with van der Waals surface area (Å²) >= 11 is 0. The van der Waals surface area contributed by atoms with Crippen molar-refractivity contribution in [3.63, 3.8) is 0 Å². The van der Waals surface area contributed by atoms with Crippen LogP contribution in [0.2, 0.25) is 0 Å². The van der Waals surface area contributed by atoms with Gasteiger partial charge in [0.1, 0.15) is 5.75 Å². The number of nitrogens with zero attached hydrogens (tertiary/aromatic N) is 1. The lowest BCUT2D eigenvalue weighted by molar-refractivity contribution is -0.137. The van der Waals surface area contributed by atoms with Crippen molar-refractivity contribution in [2.75, 3.05) is 6.54 Å². The number of hydrogen-bond donors (Lipinski definition) is 0. The first-order valence-electron chi connectivity index (χ1n) is 6.89. The van der Waals surface area contributed by atoms with E-state index in [1.807, 2.05) is 36.1 Å². The van der Waals surface area contributed by atoms with Gasteiger partial charge in [0.05, 0.1) is 0 Å². The molecule has 1 fully saturated rings. The summed E-state index contributed by atoms with van der Waals surface area (Å²) in [6.45, 7) is 6.45. The number of carbonyl (C=O) groups excluding carboxylic acids is 1. The van der Waals surface area contributed by atoms with Gasteiger partial charge in [-0.15, -0.1) is 0 Å². The molecular formula is C16H21NO2. The van der Waals surface area contributed by atoms with Gasteiger partial charge in [-0.1, -0.05) is 31.2 Å². The lowest BCUT2D eigenvalue weighted by Crippen LogP contribution is -2.41. The summed E-state index contributed by atoms with van der Waals surface area (Å²) in [5.74, 6) is 0.989. The van der Waals surface area contributed by atoms with E-state index in [9.17, 15) is 4.79 Å². The fraction of sp³-hybridized carbons (Fsp3) is 0.438. The van der Waals surface area contributed by atoms with E-state index < -0.39 is 0 Å². The SMILES string of the molecule is C=Cc1ccc(OC(C)N2CCCCCC2=O)cc1. The minimum Gasteiger partial charge on any atom is -0.471 e. The van der Waals surface area contributed by atoms with Crippen LogP contribution in [-0.4, -0.2) is 23.6 Å². The summed E-state index contributed by atoms with van der Waals surface area (Å²) < 4.78 is 5.85. The highest BCUT2D eigenvalue weighted by molar-refractivity contribution is 5.76. The highest BCUT2D eigenvalue weighted by Crippen LogP contribution is 2.19. The summed E-state index contributed by atoms with van der Waals surface area (Å²) in [4.78, 5) is 13.8. The van der Waals surface area contributed by atoms with Gasteiger partial charge in [-0.05, 0) is 37.5 Å². The van der Waals surface area contributed by atoms with Crippen LogP contribution in [0, 0.1) is 0 Å². The summed E-state index contributed by atoms with van der Waals surface area (Å²) in [7, 11) is 0. The number of carbonyl (C=O) groups is 1. The molecule has 3 heteroatoms. The van der Waals surface area contributed by atoms with E-state index in [1.54, 1.807) is 6.08 Å². The monoisotopic (exact) mass is 259 g/mol. The molecular weight excluding hydrogens is 238 g/mol. The Morgan fingerprint density at radius 1 is 1.26 bits per heavy atom. The molecule has 1 atom stereocenters. The molecule has 0 saturated carbocycles. The summed E-state index contributed by atoms with van der Waals surface area (Å²) in [5.41, 5.74) is 1.06. The Hall–Kier alpha value is -1.77. The van der Waals surface area contributed by atoms with Crippen molar-refractivity contribution in [3.8, 4) is 5.75 Å². The van der Waals surface area contributed by atoms with Crippen LogP contribution >= 0.6 is 0 Å². The third kappa shape index (κ3) is 3.60. The van der Waals surface area contributed by atoms with Crippen LogP contribution < -0.4 is 4.74 Å². The fourth-order valence-electron chi connectivity index (χ4n) is 2.33. The standard InChI is InChI=1S/C16H21NO2/c1-3-14-8-10-15(11-9-14)19-13(2)17-12-6-4-5-7-16(17)18/h3,8-11,13H,1,4-7,12H2,2H3. The zero-order valence-corrected chi connectivity index (χ0v) is 11.5. The van der Waals surface area contributed by atoms with Crippen LogP contribution in [0.15, 0.2) is 30.8 Å². The Labute approximate surface area is 114 Å². The molecule has 3 nitrogen and oxygen atoms in total. The van der Waals surface area contributed by atoms with Crippen LogP contribution in [0.25, 0.3) is 6.08 Å². The van der Waals surface area contributed by atoms with Crippen molar-refractivity contribution in [2.24, 2.45) is 0 Å². The predicted molar refractivity (Wildman–Crippen MR) is 76.8 cm³/mol. The second-order valence-corrected chi connectivity index (χ2v) is 4.89. The first-order valence-corrected chi connectivity index (χ1v) is 6.89. The summed E-state index contributed by atoms with van der Waals surface area (Å²) in [5, 5.41) is 0. The number of amides is 1. The molecule has 0 spiro atoms. The van der Waals surface area contributed by atoms with E-state index in [0.717, 1.165) is 37.1 Å². The van der Waals surface area contributed by atoms with Crippen molar-refractivity contribution >= 4 is 12.0 Å². The first-order chi connectivity index (χ1) is 9.20. The van der Waals surface area contributed by atoms with Gasteiger partial charge in [0, 0.05) is 13.0 Å². The zero-order chi connectivity index (χ0) is 13.7. The number of hydrogen-bond acceptors (Lipinski definition) is 2. The number of likely N-dealkylation sites (tertiary alicyclic amines) is 1. The Morgan fingerprint density at radius 2 is 2.00 bits per heavy atom. The van der Waals surface area contributed by atoms with Gasteiger partial charge >= 0.3 is 0 Å². The second-order valence-electron chi connectivity index (χ2n) is 4.89. The van der Waals surface area contributed by atoms with E-state index in [2.05, 4.69) is 6.58 Å². The minimum absolute atomic E-state index is 0.202. The average molecular weight is 259 g/mol. The molecule has 1 unspecified atom stereocenters. The summed E-state index contributed by atoms with van der Waals surface area (Å²) in [6, 6.07) is 7.74.